The first kappa shape index (κ1) is 26.6. The second-order valence-electron chi connectivity index (χ2n) is 10.7. The van der Waals surface area contributed by atoms with E-state index in [1.54, 1.807) is 11.3 Å². The van der Waals surface area contributed by atoms with Crippen molar-refractivity contribution in [2.75, 3.05) is 18.0 Å². The Kier molecular flexibility index (Phi) is 7.43. The van der Waals surface area contributed by atoms with Crippen LogP contribution in [0.3, 0.4) is 0 Å². The molecule has 3 fully saturated rings. The fraction of sp³-hybridized carbons (Fsp3) is 0.414. The van der Waals surface area contributed by atoms with Gasteiger partial charge in [-0.1, -0.05) is 45.8 Å². The van der Waals surface area contributed by atoms with Crippen LogP contribution in [0.4, 0.5) is 5.13 Å². The minimum atomic E-state index is -0.0376. The number of carbonyl (C=O) groups excluding carboxylic acids is 1. The summed E-state index contributed by atoms with van der Waals surface area (Å²) in [4.78, 5) is 19.7. The molecule has 2 aromatic carbocycles. The van der Waals surface area contributed by atoms with E-state index in [-0.39, 0.29) is 12.0 Å². The van der Waals surface area contributed by atoms with Crippen molar-refractivity contribution in [2.24, 2.45) is 0 Å². The third kappa shape index (κ3) is 5.59. The zero-order chi connectivity index (χ0) is 27.2. The molecular formula is C29H28Cl2N4O3S2. The van der Waals surface area contributed by atoms with E-state index >= 15 is 0 Å². The van der Waals surface area contributed by atoms with E-state index in [0.717, 1.165) is 65.4 Å². The number of fused-ring (bicyclic) bond motifs is 1. The van der Waals surface area contributed by atoms with Crippen molar-refractivity contribution in [2.45, 2.75) is 62.4 Å². The molecule has 1 N–H and O–H groups in total. The highest BCUT2D eigenvalue weighted by Crippen LogP contribution is 2.46. The topological polar surface area (TPSA) is 80.5 Å². The molecule has 2 aliphatic carbocycles. The van der Waals surface area contributed by atoms with Gasteiger partial charge >= 0.3 is 0 Å². The Hall–Kier alpha value is -2.30. The molecule has 2 aromatic heterocycles. The Morgan fingerprint density at radius 1 is 1.10 bits per heavy atom. The molecule has 0 unspecified atom stereocenters. The lowest BCUT2D eigenvalue weighted by Gasteiger charge is -2.31. The number of nitrogens with zero attached hydrogens (tertiary/aromatic N) is 3. The van der Waals surface area contributed by atoms with Gasteiger partial charge in [0.05, 0.1) is 33.0 Å². The maximum atomic E-state index is 12.5. The number of thiazole rings is 1. The van der Waals surface area contributed by atoms with E-state index in [2.05, 4.69) is 14.8 Å². The van der Waals surface area contributed by atoms with Gasteiger partial charge in [-0.25, -0.2) is 4.98 Å². The molecule has 3 heterocycles. The molecule has 0 bridgehead atoms. The van der Waals surface area contributed by atoms with Crippen LogP contribution >= 0.6 is 46.5 Å². The lowest BCUT2D eigenvalue weighted by Crippen LogP contribution is -2.36. The van der Waals surface area contributed by atoms with Gasteiger partial charge in [-0.2, -0.15) is 0 Å². The Balaban J connectivity index is 0.997. The van der Waals surface area contributed by atoms with Gasteiger partial charge in [0, 0.05) is 40.9 Å². The van der Waals surface area contributed by atoms with Crippen LogP contribution in [0.2, 0.25) is 10.0 Å². The third-order valence-corrected chi connectivity index (χ3v) is 10.4. The summed E-state index contributed by atoms with van der Waals surface area (Å²) in [6, 6.07) is 11.2. The number of halogens is 2. The Bertz CT molecular complexity index is 1540. The predicted molar refractivity (Wildman–Crippen MR) is 162 cm³/mol. The largest absolute Gasteiger partial charge is 0.373 e. The van der Waals surface area contributed by atoms with Gasteiger partial charge in [0.1, 0.15) is 11.5 Å². The zero-order valence-electron chi connectivity index (χ0n) is 21.7. The summed E-state index contributed by atoms with van der Waals surface area (Å²) in [5.74, 6) is 1.26. The van der Waals surface area contributed by atoms with Crippen LogP contribution < -0.4 is 9.62 Å². The number of carbonyl (C=O) groups is 1. The average Bonchev–Trinajstić information content (AvgIpc) is 3.90. The van der Waals surface area contributed by atoms with E-state index in [9.17, 15) is 4.79 Å². The summed E-state index contributed by atoms with van der Waals surface area (Å²) < 4.78 is 16.2. The van der Waals surface area contributed by atoms with Gasteiger partial charge in [0.15, 0.2) is 5.13 Å². The molecule has 7 nitrogen and oxygen atoms in total. The van der Waals surface area contributed by atoms with Crippen LogP contribution in [0, 0.1) is 0 Å². The molecule has 208 valence electrons. The highest BCUT2D eigenvalue weighted by atomic mass is 35.5. The van der Waals surface area contributed by atoms with Gasteiger partial charge in [0.25, 0.3) is 5.91 Å². The van der Waals surface area contributed by atoms with Gasteiger partial charge in [0.2, 0.25) is 0 Å². The zero-order valence-corrected chi connectivity index (χ0v) is 24.8. The monoisotopic (exact) mass is 614 g/mol. The first-order valence-corrected chi connectivity index (χ1v) is 16.1. The van der Waals surface area contributed by atoms with Crippen molar-refractivity contribution in [3.05, 3.63) is 63.3 Å². The number of ether oxygens (including phenoxy) is 1. The van der Waals surface area contributed by atoms with E-state index in [0.29, 0.717) is 44.6 Å². The molecule has 1 aliphatic heterocycles. The number of amides is 1. The second-order valence-corrected chi connectivity index (χ2v) is 13.6. The predicted octanol–water partition coefficient (Wildman–Crippen LogP) is 7.86. The van der Waals surface area contributed by atoms with Crippen molar-refractivity contribution in [1.29, 1.82) is 0 Å². The molecule has 7 rings (SSSR count). The smallest absolute Gasteiger partial charge is 0.261 e. The van der Waals surface area contributed by atoms with E-state index < -0.39 is 0 Å². The average molecular weight is 616 g/mol. The molecule has 0 atom stereocenters. The molecule has 0 radical (unpaired) electrons. The highest BCUT2D eigenvalue weighted by Gasteiger charge is 2.34. The number of hydrogen-bond donors (Lipinski definition) is 1. The molecular weight excluding hydrogens is 587 g/mol. The minimum absolute atomic E-state index is 0.0376. The fourth-order valence-corrected chi connectivity index (χ4v) is 7.43. The Morgan fingerprint density at radius 3 is 2.60 bits per heavy atom. The fourth-order valence-electron chi connectivity index (χ4n) is 5.03. The van der Waals surface area contributed by atoms with Crippen LogP contribution in [-0.4, -0.2) is 40.5 Å². The number of benzene rings is 2. The van der Waals surface area contributed by atoms with Crippen molar-refractivity contribution in [1.82, 2.24) is 14.9 Å². The van der Waals surface area contributed by atoms with Gasteiger partial charge < -0.3 is 14.2 Å². The van der Waals surface area contributed by atoms with Crippen molar-refractivity contribution in [3.8, 4) is 11.3 Å². The summed E-state index contributed by atoms with van der Waals surface area (Å²) in [6.07, 6.45) is 6.49. The van der Waals surface area contributed by atoms with Gasteiger partial charge in [-0.05, 0) is 80.8 Å². The molecule has 0 spiro atoms. The normalized spacial score (nSPS) is 18.0. The second kappa shape index (κ2) is 11.2. The molecule has 1 amide bonds. The molecule has 40 heavy (non-hydrogen) atoms. The van der Waals surface area contributed by atoms with Crippen molar-refractivity contribution < 1.29 is 14.1 Å². The number of anilines is 1. The van der Waals surface area contributed by atoms with E-state index in [1.165, 1.54) is 24.8 Å². The first-order valence-electron chi connectivity index (χ1n) is 13.7. The molecule has 1 saturated heterocycles. The Morgan fingerprint density at radius 2 is 1.88 bits per heavy atom. The van der Waals surface area contributed by atoms with Crippen LogP contribution in [0.25, 0.3) is 21.5 Å². The van der Waals surface area contributed by atoms with Crippen LogP contribution in [-0.2, 0) is 11.3 Å². The first-order chi connectivity index (χ1) is 19.5. The number of rotatable bonds is 9. The summed E-state index contributed by atoms with van der Waals surface area (Å²) >= 11 is 16.2. The third-order valence-electron chi connectivity index (χ3n) is 7.62. The van der Waals surface area contributed by atoms with Gasteiger partial charge in [-0.15, -0.1) is 0 Å². The summed E-state index contributed by atoms with van der Waals surface area (Å²) in [6.45, 7) is 2.14. The molecule has 4 aromatic rings. The maximum absolute atomic E-state index is 12.5. The van der Waals surface area contributed by atoms with E-state index in [1.807, 2.05) is 36.4 Å². The standard InChI is InChI=1S/C29H28Cl2N4O3S2/c30-21-2-1-3-22(31)25(21)26-20(27(38-33-26)16-4-5-16)15-37-18-10-12-35(13-11-18)29-32-23-9-6-17(14-24(23)39-29)28(36)34-40-19-7-8-19/h1-3,6,9,14,16,18-19H,4-5,7-8,10-13,15H2,(H,34,36). The number of aromatic nitrogens is 2. The maximum Gasteiger partial charge on any atom is 0.261 e. The summed E-state index contributed by atoms with van der Waals surface area (Å²) in [5, 5.41) is 7.05. The number of nitrogens with one attached hydrogen (secondary N) is 1. The quantitative estimate of drug-likeness (QED) is 0.192. The van der Waals surface area contributed by atoms with Gasteiger partial charge in [-0.3, -0.25) is 9.52 Å². The highest BCUT2D eigenvalue weighted by molar-refractivity contribution is 7.98. The summed E-state index contributed by atoms with van der Waals surface area (Å²) in [5.41, 5.74) is 3.95. The molecule has 2 saturated carbocycles. The minimum Gasteiger partial charge on any atom is -0.373 e. The Labute approximate surface area is 250 Å². The van der Waals surface area contributed by atoms with Crippen molar-refractivity contribution >= 4 is 67.7 Å². The van der Waals surface area contributed by atoms with Crippen LogP contribution in [0.15, 0.2) is 40.9 Å². The number of hydrogen-bond acceptors (Lipinski definition) is 8. The SMILES string of the molecule is O=C(NSC1CC1)c1ccc2nc(N3CCC(OCc4c(-c5c(Cl)cccc5Cl)noc4C4CC4)CC3)sc2c1. The van der Waals surface area contributed by atoms with Crippen LogP contribution in [0.5, 0.6) is 0 Å². The van der Waals surface area contributed by atoms with Crippen LogP contribution in [0.1, 0.15) is 66.1 Å². The summed E-state index contributed by atoms with van der Waals surface area (Å²) in [7, 11) is 0. The lowest BCUT2D eigenvalue weighted by atomic mass is 10.0. The molecule has 3 aliphatic rings. The lowest BCUT2D eigenvalue weighted by molar-refractivity contribution is 0.0246. The van der Waals surface area contributed by atoms with E-state index in [4.69, 9.17) is 37.4 Å². The number of piperidine rings is 1. The van der Waals surface area contributed by atoms with Crippen molar-refractivity contribution in [3.63, 3.8) is 0 Å². The molecule has 11 heteroatoms.